The number of nitrogens with one attached hydrogen (secondary N) is 1. The predicted octanol–water partition coefficient (Wildman–Crippen LogP) is 3.03. The summed E-state index contributed by atoms with van der Waals surface area (Å²) >= 11 is 0. The van der Waals surface area contributed by atoms with E-state index in [9.17, 15) is 0 Å². The third-order valence-electron chi connectivity index (χ3n) is 3.65. The summed E-state index contributed by atoms with van der Waals surface area (Å²) < 4.78 is 0. The number of nitrogen functional groups attached to an aromatic ring is 1. The highest BCUT2D eigenvalue weighted by atomic mass is 15.0. The van der Waals surface area contributed by atoms with Crippen LogP contribution >= 0.6 is 0 Å². The molecular weight excluding hydrogens is 210 g/mol. The minimum absolute atomic E-state index is 0.613. The number of nitrogens with two attached hydrogens (primary N) is 1. The molecule has 0 saturated heterocycles. The van der Waals surface area contributed by atoms with Gasteiger partial charge in [-0.2, -0.15) is 0 Å². The molecule has 1 fully saturated rings. The molecule has 1 saturated carbocycles. The lowest BCUT2D eigenvalue weighted by atomic mass is 10.1. The van der Waals surface area contributed by atoms with Gasteiger partial charge in [0.2, 0.25) is 0 Å². The van der Waals surface area contributed by atoms with Crippen LogP contribution in [0.15, 0.2) is 30.6 Å². The number of rotatable bonds is 3. The maximum atomic E-state index is 6.19. The van der Waals surface area contributed by atoms with E-state index in [-0.39, 0.29) is 0 Å². The SMILES string of the molecule is CCC1CC1Nc1ccc2cnccc2c1N. The van der Waals surface area contributed by atoms with E-state index < -0.39 is 0 Å². The third kappa shape index (κ3) is 1.82. The normalized spacial score (nSPS) is 22.6. The van der Waals surface area contributed by atoms with E-state index in [4.69, 9.17) is 5.73 Å². The Morgan fingerprint density at radius 3 is 3.06 bits per heavy atom. The average Bonchev–Trinajstić information content (AvgIpc) is 3.12. The van der Waals surface area contributed by atoms with Gasteiger partial charge in [0.15, 0.2) is 0 Å². The molecule has 0 amide bonds. The highest BCUT2D eigenvalue weighted by Gasteiger charge is 2.35. The summed E-state index contributed by atoms with van der Waals surface area (Å²) in [5, 5.41) is 5.71. The Balaban J connectivity index is 1.92. The molecule has 1 aromatic heterocycles. The zero-order chi connectivity index (χ0) is 11.8. The summed E-state index contributed by atoms with van der Waals surface area (Å²) in [4.78, 5) is 4.11. The van der Waals surface area contributed by atoms with Crippen molar-refractivity contribution >= 4 is 22.1 Å². The summed E-state index contributed by atoms with van der Waals surface area (Å²) in [5.41, 5.74) is 8.09. The van der Waals surface area contributed by atoms with Gasteiger partial charge in [0.1, 0.15) is 0 Å². The number of nitrogens with zero attached hydrogens (tertiary/aromatic N) is 1. The molecule has 0 radical (unpaired) electrons. The molecular formula is C14H17N3. The monoisotopic (exact) mass is 227 g/mol. The van der Waals surface area contributed by atoms with Crippen LogP contribution in [-0.2, 0) is 0 Å². The van der Waals surface area contributed by atoms with Crippen molar-refractivity contribution in [1.29, 1.82) is 0 Å². The van der Waals surface area contributed by atoms with Crippen LogP contribution in [-0.4, -0.2) is 11.0 Å². The summed E-state index contributed by atoms with van der Waals surface area (Å²) in [7, 11) is 0. The molecule has 0 aliphatic heterocycles. The van der Waals surface area contributed by atoms with Crippen LogP contribution in [0.25, 0.3) is 10.8 Å². The largest absolute Gasteiger partial charge is 0.397 e. The summed E-state index contributed by atoms with van der Waals surface area (Å²) in [6.45, 7) is 2.24. The molecule has 2 atom stereocenters. The van der Waals surface area contributed by atoms with Crippen LogP contribution < -0.4 is 11.1 Å². The molecule has 3 rings (SSSR count). The van der Waals surface area contributed by atoms with Gasteiger partial charge in [0, 0.05) is 29.2 Å². The number of anilines is 2. The lowest BCUT2D eigenvalue weighted by Gasteiger charge is -2.11. The third-order valence-corrected chi connectivity index (χ3v) is 3.65. The molecule has 1 aliphatic rings. The highest BCUT2D eigenvalue weighted by Crippen LogP contribution is 2.38. The van der Waals surface area contributed by atoms with Gasteiger partial charge in [-0.05, 0) is 24.5 Å². The molecule has 0 spiro atoms. The van der Waals surface area contributed by atoms with Crippen molar-refractivity contribution in [3.63, 3.8) is 0 Å². The minimum atomic E-state index is 0.613. The number of hydrogen-bond acceptors (Lipinski definition) is 3. The molecule has 1 aliphatic carbocycles. The van der Waals surface area contributed by atoms with Gasteiger partial charge in [0.05, 0.1) is 11.4 Å². The Labute approximate surface area is 101 Å². The second-order valence-electron chi connectivity index (χ2n) is 4.78. The Morgan fingerprint density at radius 2 is 2.29 bits per heavy atom. The van der Waals surface area contributed by atoms with Gasteiger partial charge >= 0.3 is 0 Å². The Hall–Kier alpha value is -1.77. The summed E-state index contributed by atoms with van der Waals surface area (Å²) in [6.07, 6.45) is 6.15. The van der Waals surface area contributed by atoms with Crippen molar-refractivity contribution < 1.29 is 0 Å². The maximum absolute atomic E-state index is 6.19. The van der Waals surface area contributed by atoms with Crippen LogP contribution in [0.5, 0.6) is 0 Å². The van der Waals surface area contributed by atoms with Gasteiger partial charge in [-0.15, -0.1) is 0 Å². The lowest BCUT2D eigenvalue weighted by molar-refractivity contribution is 0.775. The molecule has 1 heterocycles. The molecule has 17 heavy (non-hydrogen) atoms. The van der Waals surface area contributed by atoms with E-state index in [1.807, 2.05) is 12.3 Å². The molecule has 2 unspecified atom stereocenters. The zero-order valence-corrected chi connectivity index (χ0v) is 9.98. The number of pyridine rings is 1. The van der Waals surface area contributed by atoms with Crippen LogP contribution in [0.4, 0.5) is 11.4 Å². The van der Waals surface area contributed by atoms with Crippen molar-refractivity contribution in [2.75, 3.05) is 11.1 Å². The van der Waals surface area contributed by atoms with E-state index in [0.29, 0.717) is 6.04 Å². The van der Waals surface area contributed by atoms with Crippen LogP contribution in [0.3, 0.4) is 0 Å². The van der Waals surface area contributed by atoms with Crippen molar-refractivity contribution in [1.82, 2.24) is 4.98 Å². The topological polar surface area (TPSA) is 50.9 Å². The van der Waals surface area contributed by atoms with Gasteiger partial charge in [-0.1, -0.05) is 19.4 Å². The van der Waals surface area contributed by atoms with Crippen molar-refractivity contribution in [3.05, 3.63) is 30.6 Å². The lowest BCUT2D eigenvalue weighted by Crippen LogP contribution is -2.06. The smallest absolute Gasteiger partial charge is 0.0630 e. The van der Waals surface area contributed by atoms with Crippen molar-refractivity contribution in [3.8, 4) is 0 Å². The highest BCUT2D eigenvalue weighted by molar-refractivity contribution is 5.98. The second kappa shape index (κ2) is 3.91. The van der Waals surface area contributed by atoms with E-state index in [2.05, 4.69) is 29.4 Å². The molecule has 2 aromatic rings. The molecule has 3 N–H and O–H groups in total. The van der Waals surface area contributed by atoms with Gasteiger partial charge in [-0.25, -0.2) is 0 Å². The van der Waals surface area contributed by atoms with E-state index in [0.717, 1.165) is 28.1 Å². The number of aromatic nitrogens is 1. The molecule has 88 valence electrons. The van der Waals surface area contributed by atoms with Gasteiger partial charge < -0.3 is 11.1 Å². The van der Waals surface area contributed by atoms with Crippen LogP contribution in [0.1, 0.15) is 19.8 Å². The first-order valence-corrected chi connectivity index (χ1v) is 6.18. The molecule has 3 heteroatoms. The Morgan fingerprint density at radius 1 is 1.41 bits per heavy atom. The van der Waals surface area contributed by atoms with Crippen molar-refractivity contribution in [2.24, 2.45) is 5.92 Å². The zero-order valence-electron chi connectivity index (χ0n) is 9.98. The summed E-state index contributed by atoms with van der Waals surface area (Å²) in [6, 6.07) is 6.72. The maximum Gasteiger partial charge on any atom is 0.0630 e. The van der Waals surface area contributed by atoms with Gasteiger partial charge in [0.25, 0.3) is 0 Å². The molecule has 0 bridgehead atoms. The fourth-order valence-corrected chi connectivity index (χ4v) is 2.39. The first kappa shape index (κ1) is 10.4. The van der Waals surface area contributed by atoms with E-state index in [1.165, 1.54) is 12.8 Å². The Bertz CT molecular complexity index is 550. The van der Waals surface area contributed by atoms with Gasteiger partial charge in [-0.3, -0.25) is 4.98 Å². The first-order chi connectivity index (χ1) is 8.29. The predicted molar refractivity (Wildman–Crippen MR) is 72.0 cm³/mol. The first-order valence-electron chi connectivity index (χ1n) is 6.18. The van der Waals surface area contributed by atoms with Crippen molar-refractivity contribution in [2.45, 2.75) is 25.8 Å². The minimum Gasteiger partial charge on any atom is -0.397 e. The fourth-order valence-electron chi connectivity index (χ4n) is 2.39. The van der Waals surface area contributed by atoms with Crippen LogP contribution in [0, 0.1) is 5.92 Å². The standard InChI is InChI=1S/C14H17N3/c1-2-9-7-13(9)17-12-4-3-10-8-16-6-5-11(10)14(12)15/h3-6,8-9,13,17H,2,7,15H2,1H3. The van der Waals surface area contributed by atoms with E-state index in [1.54, 1.807) is 6.20 Å². The quantitative estimate of drug-likeness (QED) is 0.792. The second-order valence-corrected chi connectivity index (χ2v) is 4.78. The van der Waals surface area contributed by atoms with Crippen LogP contribution in [0.2, 0.25) is 0 Å². The Kier molecular flexibility index (Phi) is 2.39. The summed E-state index contributed by atoms with van der Waals surface area (Å²) in [5.74, 6) is 0.822. The average molecular weight is 227 g/mol. The molecule has 1 aromatic carbocycles. The number of hydrogen-bond donors (Lipinski definition) is 2. The number of benzene rings is 1. The number of fused-ring (bicyclic) bond motifs is 1. The molecule has 3 nitrogen and oxygen atoms in total. The van der Waals surface area contributed by atoms with E-state index >= 15 is 0 Å². The fraction of sp³-hybridized carbons (Fsp3) is 0.357.